The summed E-state index contributed by atoms with van der Waals surface area (Å²) in [5.74, 6) is -0.739. The largest absolute Gasteiger partial charge is 0.467 e. The number of oxazole rings is 1. The average molecular weight is 299 g/mol. The van der Waals surface area contributed by atoms with Crippen molar-refractivity contribution in [2.45, 2.75) is 32.4 Å². The predicted molar refractivity (Wildman–Crippen MR) is 72.2 cm³/mol. The first-order valence-corrected chi connectivity index (χ1v) is 6.36. The van der Waals surface area contributed by atoms with Crippen LogP contribution in [0.15, 0.2) is 28.7 Å². The molecule has 0 N–H and O–H groups in total. The Hall–Kier alpha value is -1.98. The van der Waals surface area contributed by atoms with E-state index in [1.165, 1.54) is 0 Å². The Bertz CT molecular complexity index is 622. The lowest BCUT2D eigenvalue weighted by Crippen LogP contribution is -2.10. The van der Waals surface area contributed by atoms with E-state index in [4.69, 9.17) is 4.42 Å². The summed E-state index contributed by atoms with van der Waals surface area (Å²) in [4.78, 5) is 3.50. The summed E-state index contributed by atoms with van der Waals surface area (Å²) in [7, 11) is 1.11. The van der Waals surface area contributed by atoms with Gasteiger partial charge in [0.15, 0.2) is 0 Å². The first kappa shape index (κ1) is 15.4. The van der Waals surface area contributed by atoms with E-state index in [1.54, 1.807) is 12.1 Å². The van der Waals surface area contributed by atoms with Crippen LogP contribution in [0, 0.1) is 0 Å². The Morgan fingerprint density at radius 3 is 2.00 bits per heavy atom. The molecule has 0 saturated heterocycles. The van der Waals surface area contributed by atoms with Crippen LogP contribution in [0.2, 0.25) is 0 Å². The van der Waals surface area contributed by atoms with Crippen molar-refractivity contribution in [3.05, 3.63) is 35.5 Å². The van der Waals surface area contributed by atoms with Crippen molar-refractivity contribution in [2.24, 2.45) is 0 Å². The van der Waals surface area contributed by atoms with E-state index in [1.807, 2.05) is 12.1 Å². The third-order valence-electron chi connectivity index (χ3n) is 3.05. The van der Waals surface area contributed by atoms with Crippen molar-refractivity contribution >= 4 is 0 Å². The van der Waals surface area contributed by atoms with Gasteiger partial charge in [0.1, 0.15) is 0 Å². The van der Waals surface area contributed by atoms with Gasteiger partial charge >= 0.3 is 12.1 Å². The van der Waals surface area contributed by atoms with Crippen molar-refractivity contribution in [1.82, 2.24) is 4.98 Å². The van der Waals surface area contributed by atoms with Crippen LogP contribution in [-0.2, 0) is 11.6 Å². The highest BCUT2D eigenvalue weighted by molar-refractivity contribution is 5.55. The van der Waals surface area contributed by atoms with E-state index in [9.17, 15) is 13.2 Å². The number of ether oxygens (including phenoxy) is 1. The molecule has 114 valence electrons. The van der Waals surface area contributed by atoms with Gasteiger partial charge in [-0.25, -0.2) is 4.98 Å². The van der Waals surface area contributed by atoms with E-state index >= 15 is 0 Å². The minimum Gasteiger partial charge on any atom is -0.467 e. The SMILES string of the molecule is COc1oc(-c2ccc(C(C)(C)C)cc2)nc1C(F)(F)F. The maximum atomic E-state index is 12.8. The van der Waals surface area contributed by atoms with Crippen molar-refractivity contribution in [2.75, 3.05) is 7.11 Å². The van der Waals surface area contributed by atoms with Gasteiger partial charge in [0.25, 0.3) is 0 Å². The van der Waals surface area contributed by atoms with Gasteiger partial charge in [-0.1, -0.05) is 32.9 Å². The zero-order valence-electron chi connectivity index (χ0n) is 12.2. The summed E-state index contributed by atoms with van der Waals surface area (Å²) >= 11 is 0. The van der Waals surface area contributed by atoms with Crippen molar-refractivity contribution in [3.8, 4) is 17.4 Å². The van der Waals surface area contributed by atoms with Crippen LogP contribution >= 0.6 is 0 Å². The zero-order valence-corrected chi connectivity index (χ0v) is 12.2. The second kappa shape index (κ2) is 5.09. The molecular weight excluding hydrogens is 283 g/mol. The summed E-state index contributed by atoms with van der Waals surface area (Å²) in [5, 5.41) is 0. The molecule has 0 aliphatic carbocycles. The number of hydrogen-bond acceptors (Lipinski definition) is 3. The van der Waals surface area contributed by atoms with Gasteiger partial charge in [0.05, 0.1) is 7.11 Å². The molecule has 6 heteroatoms. The van der Waals surface area contributed by atoms with Crippen LogP contribution in [0.4, 0.5) is 13.2 Å². The van der Waals surface area contributed by atoms with Gasteiger partial charge in [0, 0.05) is 5.56 Å². The summed E-state index contributed by atoms with van der Waals surface area (Å²) in [6.07, 6.45) is -4.61. The molecule has 21 heavy (non-hydrogen) atoms. The molecule has 0 saturated carbocycles. The Balaban J connectivity index is 2.41. The lowest BCUT2D eigenvalue weighted by molar-refractivity contribution is -0.142. The fourth-order valence-corrected chi connectivity index (χ4v) is 1.86. The van der Waals surface area contributed by atoms with Crippen LogP contribution in [0.3, 0.4) is 0 Å². The van der Waals surface area contributed by atoms with E-state index < -0.39 is 17.8 Å². The van der Waals surface area contributed by atoms with Gasteiger partial charge in [-0.3, -0.25) is 0 Å². The molecule has 0 fully saturated rings. The number of alkyl halides is 3. The first-order chi connectivity index (χ1) is 9.63. The second-order valence-electron chi connectivity index (χ2n) is 5.68. The molecule has 0 bridgehead atoms. The van der Waals surface area contributed by atoms with Crippen LogP contribution < -0.4 is 4.74 Å². The highest BCUT2D eigenvalue weighted by atomic mass is 19.4. The molecule has 1 heterocycles. The van der Waals surface area contributed by atoms with Gasteiger partial charge in [0.2, 0.25) is 11.6 Å². The molecule has 3 nitrogen and oxygen atoms in total. The molecule has 0 aliphatic rings. The number of benzene rings is 1. The number of methoxy groups -OCH3 is 1. The van der Waals surface area contributed by atoms with Gasteiger partial charge in [-0.05, 0) is 23.1 Å². The Kier molecular flexibility index (Phi) is 3.74. The molecule has 2 aromatic rings. The van der Waals surface area contributed by atoms with Crippen molar-refractivity contribution < 1.29 is 22.3 Å². The number of hydrogen-bond donors (Lipinski definition) is 0. The third-order valence-corrected chi connectivity index (χ3v) is 3.05. The van der Waals surface area contributed by atoms with E-state index in [2.05, 4.69) is 30.5 Å². The van der Waals surface area contributed by atoms with E-state index in [-0.39, 0.29) is 11.3 Å². The quantitative estimate of drug-likeness (QED) is 0.808. The Morgan fingerprint density at radius 2 is 1.62 bits per heavy atom. The maximum Gasteiger partial charge on any atom is 0.440 e. The number of halogens is 3. The Morgan fingerprint density at radius 1 is 1.05 bits per heavy atom. The lowest BCUT2D eigenvalue weighted by atomic mass is 9.87. The number of rotatable bonds is 2. The third kappa shape index (κ3) is 3.20. The second-order valence-corrected chi connectivity index (χ2v) is 5.68. The smallest absolute Gasteiger partial charge is 0.440 e. The zero-order chi connectivity index (χ0) is 15.8. The van der Waals surface area contributed by atoms with Crippen LogP contribution in [0.5, 0.6) is 5.95 Å². The molecule has 0 spiro atoms. The van der Waals surface area contributed by atoms with Gasteiger partial charge < -0.3 is 9.15 Å². The molecule has 0 unspecified atom stereocenters. The lowest BCUT2D eigenvalue weighted by Gasteiger charge is -2.18. The summed E-state index contributed by atoms with van der Waals surface area (Å²) in [6.45, 7) is 6.16. The fraction of sp³-hybridized carbons (Fsp3) is 0.400. The Labute approximate surface area is 120 Å². The topological polar surface area (TPSA) is 35.3 Å². The fourth-order valence-electron chi connectivity index (χ4n) is 1.86. The maximum absolute atomic E-state index is 12.8. The minimum atomic E-state index is -4.61. The normalized spacial score (nSPS) is 12.5. The highest BCUT2D eigenvalue weighted by Crippen LogP contribution is 2.38. The van der Waals surface area contributed by atoms with Gasteiger partial charge in [-0.15, -0.1) is 0 Å². The van der Waals surface area contributed by atoms with Crippen LogP contribution in [0.25, 0.3) is 11.5 Å². The molecule has 1 aromatic heterocycles. The molecular formula is C15H16F3NO2. The number of aromatic nitrogens is 1. The molecule has 2 rings (SSSR count). The summed E-state index contributed by atoms with van der Waals surface area (Å²) in [6, 6.07) is 7.07. The van der Waals surface area contributed by atoms with Crippen LogP contribution in [0.1, 0.15) is 32.0 Å². The number of nitrogens with zero attached hydrogens (tertiary/aromatic N) is 1. The van der Waals surface area contributed by atoms with Gasteiger partial charge in [-0.2, -0.15) is 13.2 Å². The highest BCUT2D eigenvalue weighted by Gasteiger charge is 2.40. The molecule has 0 radical (unpaired) electrons. The molecule has 0 aliphatic heterocycles. The van der Waals surface area contributed by atoms with Crippen molar-refractivity contribution in [3.63, 3.8) is 0 Å². The van der Waals surface area contributed by atoms with Crippen LogP contribution in [-0.4, -0.2) is 12.1 Å². The monoisotopic (exact) mass is 299 g/mol. The standard InChI is InChI=1S/C15H16F3NO2/c1-14(2,3)10-7-5-9(6-8-10)12-19-11(15(16,17)18)13(20-4)21-12/h5-8H,1-4H3. The minimum absolute atomic E-state index is 0.0378. The summed E-state index contributed by atoms with van der Waals surface area (Å²) < 4.78 is 48.0. The molecule has 0 amide bonds. The average Bonchev–Trinajstić information content (AvgIpc) is 2.82. The van der Waals surface area contributed by atoms with E-state index in [0.717, 1.165) is 12.7 Å². The summed E-state index contributed by atoms with van der Waals surface area (Å²) in [5.41, 5.74) is 0.349. The first-order valence-electron chi connectivity index (χ1n) is 6.36. The predicted octanol–water partition coefficient (Wildman–Crippen LogP) is 4.67. The van der Waals surface area contributed by atoms with E-state index in [0.29, 0.717) is 5.56 Å². The molecule has 0 atom stereocenters. The van der Waals surface area contributed by atoms with Crippen molar-refractivity contribution in [1.29, 1.82) is 0 Å². The molecule has 1 aromatic carbocycles.